The lowest BCUT2D eigenvalue weighted by Crippen LogP contribution is -2.26. The molecule has 136 valence electrons. The van der Waals surface area contributed by atoms with Gasteiger partial charge in [0.25, 0.3) is 11.8 Å². The molecule has 1 aromatic heterocycles. The molecule has 27 heavy (non-hydrogen) atoms. The normalized spacial score (nSPS) is 10.3. The number of hydrogen-bond donors (Lipinski definition) is 2. The second-order valence-corrected chi connectivity index (χ2v) is 5.91. The molecule has 2 amide bonds. The molecule has 0 radical (unpaired) electrons. The molecule has 0 aliphatic heterocycles. The number of hydrogen-bond acceptors (Lipinski definition) is 3. The average Bonchev–Trinajstić information content (AvgIpc) is 2.72. The predicted octanol–water partition coefficient (Wildman–Crippen LogP) is 3.08. The maximum absolute atomic E-state index is 12.9. The van der Waals surface area contributed by atoms with E-state index >= 15 is 0 Å². The van der Waals surface area contributed by atoms with Crippen molar-refractivity contribution in [2.45, 2.75) is 13.1 Å². The van der Waals surface area contributed by atoms with Gasteiger partial charge in [-0.15, -0.1) is 0 Å². The molecule has 0 atom stereocenters. The van der Waals surface area contributed by atoms with Crippen LogP contribution in [-0.4, -0.2) is 16.8 Å². The maximum Gasteiger partial charge on any atom is 0.270 e. The Morgan fingerprint density at radius 3 is 2.15 bits per heavy atom. The van der Waals surface area contributed by atoms with Crippen molar-refractivity contribution in [1.29, 1.82) is 0 Å². The maximum atomic E-state index is 12.9. The van der Waals surface area contributed by atoms with E-state index in [-0.39, 0.29) is 29.9 Å². The first-order valence-electron chi connectivity index (χ1n) is 8.42. The molecule has 0 unspecified atom stereocenters. The Morgan fingerprint density at radius 2 is 1.44 bits per heavy atom. The Hall–Kier alpha value is -3.54. The highest BCUT2D eigenvalue weighted by Crippen LogP contribution is 2.06. The van der Waals surface area contributed by atoms with E-state index in [1.807, 2.05) is 30.3 Å². The molecule has 2 aromatic carbocycles. The molecule has 2 N–H and O–H groups in total. The van der Waals surface area contributed by atoms with Crippen LogP contribution >= 0.6 is 0 Å². The molecule has 0 aliphatic rings. The van der Waals surface area contributed by atoms with Crippen molar-refractivity contribution < 1.29 is 14.0 Å². The standard InChI is InChI=1S/C21H18FN3O2/c22-18-8-6-16(7-9-18)14-24-20(26)17-10-11-23-19(12-17)21(27)25-13-15-4-2-1-3-5-15/h1-12H,13-14H2,(H,24,26)(H,25,27). The molecule has 0 bridgehead atoms. The number of pyridine rings is 1. The number of halogens is 1. The summed E-state index contributed by atoms with van der Waals surface area (Å²) in [6.45, 7) is 0.638. The molecule has 0 saturated carbocycles. The topological polar surface area (TPSA) is 71.1 Å². The van der Waals surface area contributed by atoms with Crippen molar-refractivity contribution >= 4 is 11.8 Å². The van der Waals surface area contributed by atoms with Crippen LogP contribution in [0.4, 0.5) is 4.39 Å². The molecule has 0 aliphatic carbocycles. The van der Waals surface area contributed by atoms with Gasteiger partial charge in [0.15, 0.2) is 0 Å². The zero-order valence-corrected chi connectivity index (χ0v) is 14.5. The highest BCUT2D eigenvalue weighted by atomic mass is 19.1. The minimum absolute atomic E-state index is 0.167. The summed E-state index contributed by atoms with van der Waals surface area (Å²) in [5.41, 5.74) is 2.25. The van der Waals surface area contributed by atoms with E-state index in [2.05, 4.69) is 15.6 Å². The Balaban J connectivity index is 1.59. The first-order valence-corrected chi connectivity index (χ1v) is 8.42. The quantitative estimate of drug-likeness (QED) is 0.707. The van der Waals surface area contributed by atoms with Crippen LogP contribution in [0.1, 0.15) is 32.0 Å². The number of nitrogens with zero attached hydrogens (tertiary/aromatic N) is 1. The minimum Gasteiger partial charge on any atom is -0.348 e. The third-order valence-corrected chi connectivity index (χ3v) is 3.92. The van der Waals surface area contributed by atoms with Crippen molar-refractivity contribution in [3.05, 3.63) is 101 Å². The van der Waals surface area contributed by atoms with Crippen LogP contribution in [0.15, 0.2) is 72.9 Å². The summed E-state index contributed by atoms with van der Waals surface area (Å²) < 4.78 is 12.9. The van der Waals surface area contributed by atoms with Crippen molar-refractivity contribution in [2.75, 3.05) is 0 Å². The molecule has 0 spiro atoms. The van der Waals surface area contributed by atoms with E-state index in [0.29, 0.717) is 12.1 Å². The zero-order valence-electron chi connectivity index (χ0n) is 14.5. The Labute approximate surface area is 156 Å². The minimum atomic E-state index is -0.355. The third kappa shape index (κ3) is 5.22. The Bertz CT molecular complexity index is 928. The number of carbonyl (C=O) groups is 2. The first-order chi connectivity index (χ1) is 13.1. The molecule has 5 nitrogen and oxygen atoms in total. The molecule has 3 aromatic rings. The van der Waals surface area contributed by atoms with E-state index in [9.17, 15) is 14.0 Å². The zero-order chi connectivity index (χ0) is 19.1. The second-order valence-electron chi connectivity index (χ2n) is 5.91. The molecule has 0 saturated heterocycles. The van der Waals surface area contributed by atoms with E-state index in [4.69, 9.17) is 0 Å². The lowest BCUT2D eigenvalue weighted by atomic mass is 10.2. The van der Waals surface area contributed by atoms with E-state index in [1.54, 1.807) is 12.1 Å². The fourth-order valence-electron chi connectivity index (χ4n) is 2.45. The van der Waals surface area contributed by atoms with Crippen LogP contribution in [0.25, 0.3) is 0 Å². The van der Waals surface area contributed by atoms with Crippen molar-refractivity contribution in [3.63, 3.8) is 0 Å². The van der Waals surface area contributed by atoms with Gasteiger partial charge in [0.2, 0.25) is 0 Å². The smallest absolute Gasteiger partial charge is 0.270 e. The molecule has 1 heterocycles. The Morgan fingerprint density at radius 1 is 0.815 bits per heavy atom. The van der Waals surface area contributed by atoms with Crippen molar-refractivity contribution in [3.8, 4) is 0 Å². The molecular formula is C21H18FN3O2. The first kappa shape index (κ1) is 18.3. The largest absolute Gasteiger partial charge is 0.348 e. The van der Waals surface area contributed by atoms with Gasteiger partial charge in [-0.1, -0.05) is 42.5 Å². The second kappa shape index (κ2) is 8.71. The lowest BCUT2D eigenvalue weighted by molar-refractivity contribution is 0.0946. The highest BCUT2D eigenvalue weighted by molar-refractivity contribution is 5.98. The third-order valence-electron chi connectivity index (χ3n) is 3.92. The number of carbonyl (C=O) groups excluding carboxylic acids is 2. The van der Waals surface area contributed by atoms with Crippen LogP contribution in [0.3, 0.4) is 0 Å². The summed E-state index contributed by atoms with van der Waals surface area (Å²) in [6, 6.07) is 18.4. The van der Waals surface area contributed by atoms with Gasteiger partial charge < -0.3 is 10.6 Å². The van der Waals surface area contributed by atoms with Crippen molar-refractivity contribution in [1.82, 2.24) is 15.6 Å². The van der Waals surface area contributed by atoms with Gasteiger partial charge in [-0.25, -0.2) is 4.39 Å². The van der Waals surface area contributed by atoms with Gasteiger partial charge >= 0.3 is 0 Å². The highest BCUT2D eigenvalue weighted by Gasteiger charge is 2.11. The summed E-state index contributed by atoms with van der Waals surface area (Å²) in [5, 5.41) is 5.51. The molecule has 0 fully saturated rings. The summed E-state index contributed by atoms with van der Waals surface area (Å²) >= 11 is 0. The lowest BCUT2D eigenvalue weighted by Gasteiger charge is -2.08. The van der Waals surface area contributed by atoms with E-state index < -0.39 is 0 Å². The number of amides is 2. The van der Waals surface area contributed by atoms with Gasteiger partial charge in [0, 0.05) is 24.8 Å². The fourth-order valence-corrected chi connectivity index (χ4v) is 2.45. The van der Waals surface area contributed by atoms with Crippen LogP contribution in [0, 0.1) is 5.82 Å². The number of rotatable bonds is 6. The van der Waals surface area contributed by atoms with E-state index in [0.717, 1.165) is 11.1 Å². The molecule has 6 heteroatoms. The van der Waals surface area contributed by atoms with E-state index in [1.165, 1.54) is 30.5 Å². The summed E-state index contributed by atoms with van der Waals surface area (Å²) in [6.07, 6.45) is 1.42. The fraction of sp³-hybridized carbons (Fsp3) is 0.0952. The number of benzene rings is 2. The van der Waals surface area contributed by atoms with Crippen LogP contribution in [-0.2, 0) is 13.1 Å². The average molecular weight is 363 g/mol. The number of nitrogens with one attached hydrogen (secondary N) is 2. The van der Waals surface area contributed by atoms with Crippen molar-refractivity contribution in [2.24, 2.45) is 0 Å². The molecule has 3 rings (SSSR count). The van der Waals surface area contributed by atoms with Gasteiger partial charge in [-0.3, -0.25) is 14.6 Å². The van der Waals surface area contributed by atoms with Gasteiger partial charge in [0.1, 0.15) is 11.5 Å². The number of aromatic nitrogens is 1. The summed E-state index contributed by atoms with van der Waals surface area (Å²) in [7, 11) is 0. The van der Waals surface area contributed by atoms with Crippen LogP contribution < -0.4 is 10.6 Å². The molecular weight excluding hydrogens is 345 g/mol. The van der Waals surface area contributed by atoms with Gasteiger partial charge in [-0.2, -0.15) is 0 Å². The van der Waals surface area contributed by atoms with Gasteiger partial charge in [-0.05, 0) is 35.4 Å². The summed E-state index contributed by atoms with van der Waals surface area (Å²) in [5.74, 6) is -1.02. The SMILES string of the molecule is O=C(NCc1ccc(F)cc1)c1ccnc(C(=O)NCc2ccccc2)c1. The summed E-state index contributed by atoms with van der Waals surface area (Å²) in [4.78, 5) is 28.6. The Kier molecular flexibility index (Phi) is 5.89. The van der Waals surface area contributed by atoms with Crippen LogP contribution in [0.2, 0.25) is 0 Å². The van der Waals surface area contributed by atoms with Crippen LogP contribution in [0.5, 0.6) is 0 Å². The predicted molar refractivity (Wildman–Crippen MR) is 99.4 cm³/mol. The monoisotopic (exact) mass is 363 g/mol. The van der Waals surface area contributed by atoms with Gasteiger partial charge in [0.05, 0.1) is 0 Å².